The summed E-state index contributed by atoms with van der Waals surface area (Å²) in [5, 5.41) is 22.2. The van der Waals surface area contributed by atoms with Crippen molar-refractivity contribution >= 4 is 15.9 Å². The van der Waals surface area contributed by atoms with Crippen molar-refractivity contribution < 1.29 is 10.1 Å². The van der Waals surface area contributed by atoms with Gasteiger partial charge in [-0.2, -0.15) is 0 Å². The average Bonchev–Trinajstić information content (AvgIpc) is 2.71. The zero-order chi connectivity index (χ0) is 14.1. The van der Waals surface area contributed by atoms with E-state index in [1.165, 1.54) is 0 Å². The zero-order valence-electron chi connectivity index (χ0n) is 10.4. The molecule has 0 aliphatic carbocycles. The van der Waals surface area contributed by atoms with Crippen molar-refractivity contribution in [2.45, 2.75) is 0 Å². The lowest BCUT2D eigenvalue weighted by Crippen LogP contribution is -2.38. The third kappa shape index (κ3) is 1.96. The van der Waals surface area contributed by atoms with Crippen molar-refractivity contribution in [3.63, 3.8) is 0 Å². The van der Waals surface area contributed by atoms with Crippen molar-refractivity contribution in [1.29, 1.82) is 0 Å². The fourth-order valence-electron chi connectivity index (χ4n) is 2.14. The molecule has 1 heterocycles. The number of hydrogen-bond acceptors (Lipinski definition) is 2. The lowest BCUT2D eigenvalue weighted by atomic mass is 10.1. The molecule has 0 saturated heterocycles. The van der Waals surface area contributed by atoms with E-state index >= 15 is 0 Å². The van der Waals surface area contributed by atoms with Crippen LogP contribution in [0.15, 0.2) is 65.1 Å². The molecule has 2 aromatic carbocycles. The van der Waals surface area contributed by atoms with Gasteiger partial charge in [0, 0.05) is 10.4 Å². The Bertz CT molecular complexity index is 677. The number of rotatable bonds is 2. The maximum atomic E-state index is 12.2. The first-order valence-electron chi connectivity index (χ1n) is 6.04. The summed E-state index contributed by atoms with van der Waals surface area (Å²) in [7, 11) is 0. The van der Waals surface area contributed by atoms with E-state index in [0.29, 0.717) is 25.6 Å². The van der Waals surface area contributed by atoms with E-state index in [1.54, 1.807) is 0 Å². The first-order valence-corrected chi connectivity index (χ1v) is 6.83. The Kier molecular flexibility index (Phi) is 3.20. The van der Waals surface area contributed by atoms with Crippen LogP contribution in [0.5, 0.6) is 0 Å². The molecular formula is C15H11BrN2O2. The highest BCUT2D eigenvalue weighted by Gasteiger charge is 2.28. The van der Waals surface area contributed by atoms with Crippen LogP contribution in [0.3, 0.4) is 0 Å². The lowest BCUT2D eigenvalue weighted by Gasteiger charge is -2.00. The molecule has 100 valence electrons. The normalized spacial score (nSPS) is 10.7. The summed E-state index contributed by atoms with van der Waals surface area (Å²) in [6.45, 7) is 0. The van der Waals surface area contributed by atoms with E-state index in [1.807, 2.05) is 60.7 Å². The molecule has 0 saturated carbocycles. The summed E-state index contributed by atoms with van der Waals surface area (Å²) >= 11 is 3.42. The molecule has 1 aromatic heterocycles. The molecular weight excluding hydrogens is 320 g/mol. The van der Waals surface area contributed by atoms with E-state index in [9.17, 15) is 10.4 Å². The van der Waals surface area contributed by atoms with Gasteiger partial charge in [0.1, 0.15) is 4.47 Å². The van der Waals surface area contributed by atoms with Gasteiger partial charge in [-0.3, -0.25) is 0 Å². The van der Waals surface area contributed by atoms with Gasteiger partial charge in [-0.15, -0.1) is 0 Å². The topological polar surface area (TPSA) is 52.1 Å². The molecule has 0 fully saturated rings. The largest absolute Gasteiger partial charge is 0.593 e. The van der Waals surface area contributed by atoms with Crippen molar-refractivity contribution in [2.24, 2.45) is 0 Å². The van der Waals surface area contributed by atoms with Gasteiger partial charge >= 0.3 is 0 Å². The van der Waals surface area contributed by atoms with Crippen molar-refractivity contribution in [2.75, 3.05) is 0 Å². The molecule has 3 aromatic rings. The molecule has 0 amide bonds. The Morgan fingerprint density at radius 3 is 1.95 bits per heavy atom. The van der Waals surface area contributed by atoms with Gasteiger partial charge in [0.25, 0.3) is 5.69 Å². The van der Waals surface area contributed by atoms with Gasteiger partial charge in [-0.25, -0.2) is 0 Å². The standard InChI is InChI=1S/C15H11BrN2O2/c16-13-14(11-7-3-1-4-8-11)17(19)18(20)15(13)12-9-5-2-6-10-12/h1-10,19H. The minimum Gasteiger partial charge on any atom is -0.593 e. The molecule has 3 rings (SSSR count). The summed E-state index contributed by atoms with van der Waals surface area (Å²) in [6, 6.07) is 18.5. The molecule has 0 spiro atoms. The van der Waals surface area contributed by atoms with Crippen LogP contribution in [0, 0.1) is 5.21 Å². The average molecular weight is 331 g/mol. The van der Waals surface area contributed by atoms with E-state index in [0.717, 1.165) is 11.1 Å². The van der Waals surface area contributed by atoms with E-state index in [2.05, 4.69) is 15.9 Å². The summed E-state index contributed by atoms with van der Waals surface area (Å²) in [6.07, 6.45) is 0. The monoisotopic (exact) mass is 330 g/mol. The van der Waals surface area contributed by atoms with E-state index in [-0.39, 0.29) is 0 Å². The Morgan fingerprint density at radius 1 is 0.900 bits per heavy atom. The van der Waals surface area contributed by atoms with Gasteiger partial charge < -0.3 is 10.4 Å². The second-order valence-corrected chi connectivity index (χ2v) is 5.10. The smallest absolute Gasteiger partial charge is 0.269 e. The van der Waals surface area contributed by atoms with Gasteiger partial charge in [0.15, 0.2) is 5.69 Å². The number of nitrogens with zero attached hydrogens (tertiary/aromatic N) is 2. The van der Waals surface area contributed by atoms with Crippen molar-refractivity contribution in [3.8, 4) is 22.5 Å². The van der Waals surface area contributed by atoms with Gasteiger partial charge in [0.05, 0.1) is 5.56 Å². The minimum absolute atomic E-state index is 0.381. The Hall–Kier alpha value is -2.27. The minimum atomic E-state index is 0.381. The highest BCUT2D eigenvalue weighted by atomic mass is 79.9. The predicted octanol–water partition coefficient (Wildman–Crippen LogP) is 3.46. The Balaban J connectivity index is 2.25. The second-order valence-electron chi connectivity index (χ2n) is 4.31. The Labute approximate surface area is 124 Å². The zero-order valence-corrected chi connectivity index (χ0v) is 12.0. The highest BCUT2D eigenvalue weighted by Crippen LogP contribution is 2.34. The van der Waals surface area contributed by atoms with Crippen LogP contribution >= 0.6 is 15.9 Å². The van der Waals surface area contributed by atoms with Gasteiger partial charge in [0.2, 0.25) is 0 Å². The van der Waals surface area contributed by atoms with Crippen molar-refractivity contribution in [1.82, 2.24) is 4.85 Å². The highest BCUT2D eigenvalue weighted by molar-refractivity contribution is 9.10. The van der Waals surface area contributed by atoms with Crippen LogP contribution in [0.1, 0.15) is 0 Å². The summed E-state index contributed by atoms with van der Waals surface area (Å²) in [4.78, 5) is 1.09. The maximum absolute atomic E-state index is 12.2. The number of hydrogen-bond donors (Lipinski definition) is 1. The Morgan fingerprint density at radius 2 is 1.40 bits per heavy atom. The van der Waals surface area contributed by atoms with Crippen LogP contribution in [0.25, 0.3) is 22.5 Å². The third-order valence-corrected chi connectivity index (χ3v) is 3.82. The first kappa shape index (κ1) is 12.7. The van der Waals surface area contributed by atoms with Crippen LogP contribution in [0.4, 0.5) is 0 Å². The molecule has 0 unspecified atom stereocenters. The quantitative estimate of drug-likeness (QED) is 0.444. The fourth-order valence-corrected chi connectivity index (χ4v) is 2.91. The van der Waals surface area contributed by atoms with E-state index in [4.69, 9.17) is 0 Å². The molecule has 4 nitrogen and oxygen atoms in total. The first-order chi connectivity index (χ1) is 9.70. The number of aromatic nitrogens is 2. The molecule has 0 aliphatic heterocycles. The second kappa shape index (κ2) is 5.02. The predicted molar refractivity (Wildman–Crippen MR) is 79.1 cm³/mol. The van der Waals surface area contributed by atoms with Gasteiger partial charge in [-0.1, -0.05) is 48.5 Å². The fraction of sp³-hybridized carbons (Fsp3) is 0. The molecule has 5 heteroatoms. The van der Waals surface area contributed by atoms with Crippen LogP contribution < -0.4 is 4.85 Å². The summed E-state index contributed by atoms with van der Waals surface area (Å²) in [5.41, 5.74) is 2.31. The van der Waals surface area contributed by atoms with Crippen LogP contribution in [-0.4, -0.2) is 10.1 Å². The van der Waals surface area contributed by atoms with Crippen LogP contribution in [0.2, 0.25) is 0 Å². The molecule has 0 atom stereocenters. The molecule has 20 heavy (non-hydrogen) atoms. The maximum Gasteiger partial charge on any atom is 0.269 e. The molecule has 1 N–H and O–H groups in total. The number of benzene rings is 2. The number of halogens is 1. The molecule has 0 aliphatic rings. The van der Waals surface area contributed by atoms with Crippen molar-refractivity contribution in [3.05, 3.63) is 70.3 Å². The lowest BCUT2D eigenvalue weighted by molar-refractivity contribution is -0.714. The third-order valence-electron chi connectivity index (χ3n) is 3.07. The summed E-state index contributed by atoms with van der Waals surface area (Å²) < 4.78 is 0.562. The van der Waals surface area contributed by atoms with E-state index < -0.39 is 0 Å². The molecule has 0 bridgehead atoms. The SMILES string of the molecule is [O-][n+]1c(-c2ccccc2)c(Br)c(-c2ccccc2)n1O. The molecule has 0 radical (unpaired) electrons. The van der Waals surface area contributed by atoms with Gasteiger partial charge in [-0.05, 0) is 32.9 Å². The summed E-state index contributed by atoms with van der Waals surface area (Å²) in [5.74, 6) is 0. The van der Waals surface area contributed by atoms with Crippen LogP contribution in [-0.2, 0) is 0 Å².